The van der Waals surface area contributed by atoms with Crippen molar-refractivity contribution in [3.05, 3.63) is 17.0 Å². The molecule has 1 aromatic rings. The normalized spacial score (nSPS) is 24.8. The lowest BCUT2D eigenvalue weighted by Gasteiger charge is -2.35. The Hall–Kier alpha value is -1.05. The second-order valence-electron chi connectivity index (χ2n) is 8.60. The molecule has 156 valence electrons. The summed E-state index contributed by atoms with van der Waals surface area (Å²) in [5.74, 6) is 2.14. The standard InChI is InChI=1S/C21H34N4O2S/c1-2-25-18-7-6-16(22-15-21(27)8-4-3-5-9-21)14-17(18)19(23-25)20(26)24-10-12-28-13-11-24/h16,22,27H,2-15H2,1H3/t16-/m0/s1. The largest absolute Gasteiger partial charge is 0.389 e. The average molecular weight is 407 g/mol. The number of thioether (sulfide) groups is 1. The molecule has 3 aliphatic rings. The summed E-state index contributed by atoms with van der Waals surface area (Å²) in [5, 5.41) is 19.2. The molecule has 1 amide bonds. The van der Waals surface area contributed by atoms with E-state index in [0.717, 1.165) is 81.6 Å². The highest BCUT2D eigenvalue weighted by atomic mass is 32.2. The number of hydrogen-bond acceptors (Lipinski definition) is 5. The maximum Gasteiger partial charge on any atom is 0.274 e. The van der Waals surface area contributed by atoms with Gasteiger partial charge in [-0.3, -0.25) is 9.48 Å². The summed E-state index contributed by atoms with van der Waals surface area (Å²) in [6, 6.07) is 0.316. The van der Waals surface area contributed by atoms with E-state index in [-0.39, 0.29) is 5.91 Å². The van der Waals surface area contributed by atoms with Gasteiger partial charge in [0, 0.05) is 55.0 Å². The second kappa shape index (κ2) is 8.76. The van der Waals surface area contributed by atoms with Crippen molar-refractivity contribution in [2.45, 2.75) is 76.5 Å². The van der Waals surface area contributed by atoms with Gasteiger partial charge in [0.15, 0.2) is 5.69 Å². The lowest BCUT2D eigenvalue weighted by molar-refractivity contribution is 0.00227. The molecule has 1 aliphatic heterocycles. The van der Waals surface area contributed by atoms with Crippen molar-refractivity contribution >= 4 is 17.7 Å². The molecule has 1 aromatic heterocycles. The van der Waals surface area contributed by atoms with Crippen LogP contribution in [0.3, 0.4) is 0 Å². The van der Waals surface area contributed by atoms with Crippen LogP contribution in [0, 0.1) is 0 Å². The summed E-state index contributed by atoms with van der Waals surface area (Å²) in [4.78, 5) is 15.1. The number of aromatic nitrogens is 2. The molecule has 6 nitrogen and oxygen atoms in total. The maximum absolute atomic E-state index is 13.1. The molecule has 0 bridgehead atoms. The molecule has 28 heavy (non-hydrogen) atoms. The van der Waals surface area contributed by atoms with Crippen LogP contribution in [0.5, 0.6) is 0 Å². The van der Waals surface area contributed by atoms with Crippen LogP contribution in [0.25, 0.3) is 0 Å². The first-order valence-corrected chi connectivity index (χ1v) is 12.2. The van der Waals surface area contributed by atoms with Crippen LogP contribution in [-0.2, 0) is 19.4 Å². The summed E-state index contributed by atoms with van der Waals surface area (Å²) >= 11 is 1.92. The summed E-state index contributed by atoms with van der Waals surface area (Å²) in [7, 11) is 0. The number of rotatable bonds is 5. The Labute approximate surface area is 172 Å². The molecule has 4 rings (SSSR count). The molecule has 0 aromatic carbocycles. The molecule has 7 heteroatoms. The fourth-order valence-electron chi connectivity index (χ4n) is 4.93. The Morgan fingerprint density at radius 1 is 1.29 bits per heavy atom. The molecule has 2 N–H and O–H groups in total. The second-order valence-corrected chi connectivity index (χ2v) is 9.82. The van der Waals surface area contributed by atoms with Crippen LogP contribution in [0.1, 0.15) is 67.2 Å². The van der Waals surface area contributed by atoms with Gasteiger partial charge < -0.3 is 15.3 Å². The number of nitrogens with zero attached hydrogens (tertiary/aromatic N) is 3. The van der Waals surface area contributed by atoms with E-state index >= 15 is 0 Å². The topological polar surface area (TPSA) is 70.4 Å². The minimum atomic E-state index is -0.545. The number of nitrogens with one attached hydrogen (secondary N) is 1. The molecule has 2 heterocycles. The number of carbonyl (C=O) groups excluding carboxylic acids is 1. The third-order valence-electron chi connectivity index (χ3n) is 6.65. The predicted molar refractivity (Wildman–Crippen MR) is 113 cm³/mol. The fourth-order valence-corrected chi connectivity index (χ4v) is 5.84. The van der Waals surface area contributed by atoms with Gasteiger partial charge in [0.1, 0.15) is 0 Å². The zero-order valence-electron chi connectivity index (χ0n) is 17.1. The highest BCUT2D eigenvalue weighted by Crippen LogP contribution is 2.29. The van der Waals surface area contributed by atoms with Crippen molar-refractivity contribution < 1.29 is 9.90 Å². The molecule has 0 unspecified atom stereocenters. The van der Waals surface area contributed by atoms with Crippen LogP contribution in [0.4, 0.5) is 0 Å². The number of amides is 1. The van der Waals surface area contributed by atoms with Crippen molar-refractivity contribution in [2.75, 3.05) is 31.1 Å². The maximum atomic E-state index is 13.1. The van der Waals surface area contributed by atoms with E-state index in [1.807, 2.05) is 21.3 Å². The predicted octanol–water partition coefficient (Wildman–Crippen LogP) is 2.23. The Morgan fingerprint density at radius 3 is 2.75 bits per heavy atom. The number of carbonyl (C=O) groups is 1. The molecule has 1 saturated carbocycles. The lowest BCUT2D eigenvalue weighted by Crippen LogP contribution is -2.47. The first kappa shape index (κ1) is 20.2. The molecule has 0 spiro atoms. The molecule has 0 radical (unpaired) electrons. The minimum Gasteiger partial charge on any atom is -0.389 e. The molecular weight excluding hydrogens is 372 g/mol. The zero-order valence-corrected chi connectivity index (χ0v) is 17.9. The number of fused-ring (bicyclic) bond motifs is 1. The van der Waals surface area contributed by atoms with E-state index in [1.165, 1.54) is 12.1 Å². The van der Waals surface area contributed by atoms with Gasteiger partial charge in [-0.1, -0.05) is 19.3 Å². The molecule has 2 fully saturated rings. The molecule has 1 atom stereocenters. The van der Waals surface area contributed by atoms with E-state index in [4.69, 9.17) is 5.10 Å². The highest BCUT2D eigenvalue weighted by molar-refractivity contribution is 7.99. The van der Waals surface area contributed by atoms with Crippen molar-refractivity contribution in [1.29, 1.82) is 0 Å². The van der Waals surface area contributed by atoms with Crippen LogP contribution in [0.15, 0.2) is 0 Å². The third-order valence-corrected chi connectivity index (χ3v) is 7.59. The van der Waals surface area contributed by atoms with Gasteiger partial charge in [0.25, 0.3) is 5.91 Å². The number of aliphatic hydroxyl groups is 1. The Balaban J connectivity index is 1.47. The average Bonchev–Trinajstić information content (AvgIpc) is 3.11. The summed E-state index contributed by atoms with van der Waals surface area (Å²) in [6.45, 7) is 5.23. The van der Waals surface area contributed by atoms with E-state index in [1.54, 1.807) is 0 Å². The first-order chi connectivity index (χ1) is 13.6. The SMILES string of the molecule is CCn1nc(C(=O)N2CCSCC2)c2c1CC[C@H](NCC1(O)CCCCC1)C2. The van der Waals surface area contributed by atoms with Gasteiger partial charge in [0.05, 0.1) is 5.60 Å². The van der Waals surface area contributed by atoms with Crippen LogP contribution in [-0.4, -0.2) is 68.5 Å². The van der Waals surface area contributed by atoms with E-state index in [2.05, 4.69) is 12.2 Å². The van der Waals surface area contributed by atoms with Gasteiger partial charge in [-0.15, -0.1) is 0 Å². The first-order valence-electron chi connectivity index (χ1n) is 11.0. The fraction of sp³-hybridized carbons (Fsp3) is 0.810. The number of aryl methyl sites for hydroxylation is 1. The summed E-state index contributed by atoms with van der Waals surface area (Å²) in [5.41, 5.74) is 2.51. The van der Waals surface area contributed by atoms with Gasteiger partial charge >= 0.3 is 0 Å². The lowest BCUT2D eigenvalue weighted by atomic mass is 9.84. The van der Waals surface area contributed by atoms with Crippen LogP contribution >= 0.6 is 11.8 Å². The van der Waals surface area contributed by atoms with Crippen molar-refractivity contribution in [3.63, 3.8) is 0 Å². The van der Waals surface area contributed by atoms with Gasteiger partial charge in [-0.25, -0.2) is 0 Å². The zero-order chi connectivity index (χ0) is 19.6. The molecular formula is C21H34N4O2S. The third kappa shape index (κ3) is 4.26. The van der Waals surface area contributed by atoms with E-state index < -0.39 is 5.60 Å². The van der Waals surface area contributed by atoms with Crippen molar-refractivity contribution in [3.8, 4) is 0 Å². The number of hydrogen-bond donors (Lipinski definition) is 2. The monoisotopic (exact) mass is 406 g/mol. The summed E-state index contributed by atoms with van der Waals surface area (Å²) < 4.78 is 2.03. The quantitative estimate of drug-likeness (QED) is 0.785. The van der Waals surface area contributed by atoms with Crippen molar-refractivity contribution in [2.24, 2.45) is 0 Å². The van der Waals surface area contributed by atoms with E-state index in [0.29, 0.717) is 18.3 Å². The van der Waals surface area contributed by atoms with Crippen LogP contribution in [0.2, 0.25) is 0 Å². The highest BCUT2D eigenvalue weighted by Gasteiger charge is 2.33. The Morgan fingerprint density at radius 2 is 2.04 bits per heavy atom. The van der Waals surface area contributed by atoms with Gasteiger partial charge in [-0.2, -0.15) is 16.9 Å². The van der Waals surface area contributed by atoms with Crippen molar-refractivity contribution in [1.82, 2.24) is 20.0 Å². The molecule has 2 aliphatic carbocycles. The van der Waals surface area contributed by atoms with Gasteiger partial charge in [0.2, 0.25) is 0 Å². The smallest absolute Gasteiger partial charge is 0.274 e. The minimum absolute atomic E-state index is 0.107. The van der Waals surface area contributed by atoms with E-state index in [9.17, 15) is 9.90 Å². The Kier molecular flexibility index (Phi) is 6.33. The summed E-state index contributed by atoms with van der Waals surface area (Å²) in [6.07, 6.45) is 8.15. The van der Waals surface area contributed by atoms with Gasteiger partial charge in [-0.05, 0) is 39.0 Å². The molecule has 1 saturated heterocycles. The Bertz CT molecular complexity index is 693. The van der Waals surface area contributed by atoms with Crippen LogP contribution < -0.4 is 5.32 Å².